The molecule has 0 amide bonds. The summed E-state index contributed by atoms with van der Waals surface area (Å²) in [6.07, 6.45) is 1.91. The minimum absolute atomic E-state index is 0.0426. The molecule has 0 fully saturated rings. The van der Waals surface area contributed by atoms with Gasteiger partial charge in [-0.25, -0.2) is 4.79 Å². The number of aromatic nitrogens is 1. The van der Waals surface area contributed by atoms with Crippen LogP contribution < -0.4 is 5.82 Å². The normalized spacial score (nSPS) is 11.1. The standard InChI is InChI=1S/C21H17NO6S/c1-12-18(28-21(25)27-12)10-26-20(24)7-6-17(23)19-8-13(11-29-19)15-9-22-16-5-3-2-4-14(15)16/h2-5,8-9,11,22H,6-7,10H2,1H3. The smallest absolute Gasteiger partial charge is 0.457 e. The molecule has 0 atom stereocenters. The monoisotopic (exact) mass is 411 g/mol. The predicted octanol–water partition coefficient (Wildman–Crippen LogP) is 4.46. The molecule has 3 aromatic heterocycles. The Morgan fingerprint density at radius 2 is 2.00 bits per heavy atom. The summed E-state index contributed by atoms with van der Waals surface area (Å²) < 4.78 is 14.5. The Kier molecular flexibility index (Phi) is 5.18. The Morgan fingerprint density at radius 1 is 1.17 bits per heavy atom. The second-order valence-corrected chi connectivity index (χ2v) is 7.38. The van der Waals surface area contributed by atoms with Crippen LogP contribution in [0.1, 0.15) is 34.0 Å². The fourth-order valence-corrected chi connectivity index (χ4v) is 3.87. The van der Waals surface area contributed by atoms with Gasteiger partial charge in [-0.1, -0.05) is 18.2 Å². The van der Waals surface area contributed by atoms with E-state index in [9.17, 15) is 14.4 Å². The molecule has 29 heavy (non-hydrogen) atoms. The largest absolute Gasteiger partial charge is 0.519 e. The Labute approximate surface area is 168 Å². The van der Waals surface area contributed by atoms with Crippen LogP contribution in [0.25, 0.3) is 22.0 Å². The number of benzene rings is 1. The van der Waals surface area contributed by atoms with Crippen LogP contribution >= 0.6 is 11.3 Å². The second kappa shape index (κ2) is 7.92. The van der Waals surface area contributed by atoms with Crippen molar-refractivity contribution in [2.45, 2.75) is 26.4 Å². The molecule has 1 aromatic carbocycles. The molecule has 0 aliphatic carbocycles. The number of fused-ring (bicyclic) bond motifs is 1. The molecule has 148 valence electrons. The number of nitrogens with one attached hydrogen (secondary N) is 1. The first-order valence-corrected chi connectivity index (χ1v) is 9.82. The van der Waals surface area contributed by atoms with Crippen LogP contribution in [0, 0.1) is 6.92 Å². The number of carbonyl (C=O) groups excluding carboxylic acids is 2. The van der Waals surface area contributed by atoms with Crippen molar-refractivity contribution in [1.29, 1.82) is 0 Å². The number of carbonyl (C=O) groups is 2. The SMILES string of the molecule is Cc1oc(=O)oc1COC(=O)CCC(=O)c1cc(-c2c[nH]c3ccccc23)cs1. The number of Topliss-reactive ketones (excluding diaryl/α,β-unsaturated/α-hetero) is 1. The molecule has 0 aliphatic rings. The molecule has 1 N–H and O–H groups in total. The lowest BCUT2D eigenvalue weighted by Gasteiger charge is -2.02. The summed E-state index contributed by atoms with van der Waals surface area (Å²) in [5.74, 6) is -1.08. The van der Waals surface area contributed by atoms with E-state index in [4.69, 9.17) is 13.6 Å². The third-order valence-corrected chi connectivity index (χ3v) is 5.50. The zero-order valence-electron chi connectivity index (χ0n) is 15.5. The van der Waals surface area contributed by atoms with Gasteiger partial charge in [-0.3, -0.25) is 9.59 Å². The Hall–Kier alpha value is -3.39. The molecule has 4 aromatic rings. The highest BCUT2D eigenvalue weighted by molar-refractivity contribution is 7.12. The molecule has 0 aliphatic heterocycles. The molecule has 8 heteroatoms. The van der Waals surface area contributed by atoms with E-state index in [1.807, 2.05) is 41.9 Å². The average molecular weight is 411 g/mol. The van der Waals surface area contributed by atoms with E-state index >= 15 is 0 Å². The van der Waals surface area contributed by atoms with E-state index in [2.05, 4.69) is 4.98 Å². The van der Waals surface area contributed by atoms with Crippen molar-refractivity contribution in [3.8, 4) is 11.1 Å². The molecule has 0 radical (unpaired) electrons. The van der Waals surface area contributed by atoms with Crippen LogP contribution in [0.4, 0.5) is 0 Å². The highest BCUT2D eigenvalue weighted by Crippen LogP contribution is 2.32. The fraction of sp³-hybridized carbons (Fsp3) is 0.190. The maximum Gasteiger partial charge on any atom is 0.519 e. The Morgan fingerprint density at radius 3 is 2.79 bits per heavy atom. The van der Waals surface area contributed by atoms with Crippen molar-refractivity contribution >= 4 is 34.0 Å². The summed E-state index contributed by atoms with van der Waals surface area (Å²) in [7, 11) is 0. The van der Waals surface area contributed by atoms with Crippen LogP contribution in [0.15, 0.2) is 55.5 Å². The van der Waals surface area contributed by atoms with Crippen molar-refractivity contribution < 1.29 is 23.2 Å². The van der Waals surface area contributed by atoms with E-state index in [1.54, 1.807) is 6.92 Å². The van der Waals surface area contributed by atoms with Crippen LogP contribution in [0.2, 0.25) is 0 Å². The first-order valence-electron chi connectivity index (χ1n) is 8.94. The van der Waals surface area contributed by atoms with E-state index in [1.165, 1.54) is 11.3 Å². The first-order chi connectivity index (χ1) is 14.0. The molecular weight excluding hydrogens is 394 g/mol. The first kappa shape index (κ1) is 18.9. The number of hydrogen-bond donors (Lipinski definition) is 1. The number of H-pyrrole nitrogens is 1. The highest BCUT2D eigenvalue weighted by Gasteiger charge is 2.16. The molecular formula is C21H17NO6S. The van der Waals surface area contributed by atoms with Crippen LogP contribution in [0.5, 0.6) is 0 Å². The summed E-state index contributed by atoms with van der Waals surface area (Å²) >= 11 is 1.35. The minimum atomic E-state index is -0.840. The zero-order chi connectivity index (χ0) is 20.4. The molecule has 7 nitrogen and oxygen atoms in total. The summed E-state index contributed by atoms with van der Waals surface area (Å²) in [4.78, 5) is 39.1. The lowest BCUT2D eigenvalue weighted by molar-refractivity contribution is -0.145. The summed E-state index contributed by atoms with van der Waals surface area (Å²) in [6.45, 7) is 1.34. The highest BCUT2D eigenvalue weighted by atomic mass is 32.1. The van der Waals surface area contributed by atoms with Crippen molar-refractivity contribution in [3.05, 3.63) is 68.9 Å². The number of thiophene rings is 1. The van der Waals surface area contributed by atoms with Gasteiger partial charge in [-0.15, -0.1) is 11.3 Å². The summed E-state index contributed by atoms with van der Waals surface area (Å²) in [5, 5.41) is 3.03. The van der Waals surface area contributed by atoms with Gasteiger partial charge in [0.05, 0.1) is 11.3 Å². The number of para-hydroxylation sites is 1. The van der Waals surface area contributed by atoms with Crippen molar-refractivity contribution in [2.24, 2.45) is 0 Å². The topological polar surface area (TPSA) is 103 Å². The third-order valence-electron chi connectivity index (χ3n) is 4.53. The average Bonchev–Trinajstić information content (AvgIpc) is 3.42. The molecule has 0 unspecified atom stereocenters. The molecule has 3 heterocycles. The Bertz CT molecular complexity index is 1240. The molecule has 0 saturated heterocycles. The quantitative estimate of drug-likeness (QED) is 0.356. The molecule has 4 rings (SSSR count). The van der Waals surface area contributed by atoms with Gasteiger partial charge in [-0.05, 0) is 30.0 Å². The second-order valence-electron chi connectivity index (χ2n) is 6.46. The van der Waals surface area contributed by atoms with E-state index in [0.29, 0.717) is 4.88 Å². The van der Waals surface area contributed by atoms with Gasteiger partial charge < -0.3 is 18.6 Å². The predicted molar refractivity (Wildman–Crippen MR) is 107 cm³/mol. The lowest BCUT2D eigenvalue weighted by Crippen LogP contribution is -2.07. The van der Waals surface area contributed by atoms with Crippen molar-refractivity contribution in [1.82, 2.24) is 4.98 Å². The molecule has 0 saturated carbocycles. The van der Waals surface area contributed by atoms with Crippen LogP contribution in [-0.4, -0.2) is 16.7 Å². The molecule has 0 bridgehead atoms. The maximum atomic E-state index is 12.4. The number of rotatable bonds is 7. The fourth-order valence-electron chi connectivity index (χ4n) is 3.00. The summed E-state index contributed by atoms with van der Waals surface area (Å²) in [5.41, 5.74) is 3.03. The number of aryl methyl sites for hydroxylation is 1. The third kappa shape index (κ3) is 4.07. The van der Waals surface area contributed by atoms with E-state index in [-0.39, 0.29) is 36.8 Å². The number of ether oxygens (including phenoxy) is 1. The Balaban J connectivity index is 1.35. The van der Waals surface area contributed by atoms with Gasteiger partial charge in [-0.2, -0.15) is 0 Å². The number of aromatic amines is 1. The van der Waals surface area contributed by atoms with Crippen molar-refractivity contribution in [2.75, 3.05) is 0 Å². The van der Waals surface area contributed by atoms with E-state index < -0.39 is 11.8 Å². The minimum Gasteiger partial charge on any atom is -0.457 e. The lowest BCUT2D eigenvalue weighted by atomic mass is 10.1. The van der Waals surface area contributed by atoms with Gasteiger partial charge in [0.25, 0.3) is 0 Å². The summed E-state index contributed by atoms with van der Waals surface area (Å²) in [6, 6.07) is 9.81. The number of ketones is 1. The zero-order valence-corrected chi connectivity index (χ0v) is 16.3. The van der Waals surface area contributed by atoms with Crippen LogP contribution in [0.3, 0.4) is 0 Å². The molecule has 0 spiro atoms. The maximum absolute atomic E-state index is 12.4. The van der Waals surface area contributed by atoms with Gasteiger partial charge in [0, 0.05) is 29.1 Å². The number of esters is 1. The van der Waals surface area contributed by atoms with Gasteiger partial charge in [0.15, 0.2) is 23.9 Å². The van der Waals surface area contributed by atoms with Gasteiger partial charge in [0.1, 0.15) is 0 Å². The van der Waals surface area contributed by atoms with Crippen LogP contribution in [-0.2, 0) is 16.1 Å². The van der Waals surface area contributed by atoms with E-state index in [0.717, 1.165) is 22.0 Å². The number of hydrogen-bond acceptors (Lipinski definition) is 7. The van der Waals surface area contributed by atoms with Gasteiger partial charge >= 0.3 is 11.8 Å². The van der Waals surface area contributed by atoms with Gasteiger partial charge in [0.2, 0.25) is 0 Å². The van der Waals surface area contributed by atoms with Crippen molar-refractivity contribution in [3.63, 3.8) is 0 Å².